The van der Waals surface area contributed by atoms with Crippen LogP contribution in [0.5, 0.6) is 0 Å². The van der Waals surface area contributed by atoms with Crippen molar-refractivity contribution in [2.45, 2.75) is 6.61 Å². The molecule has 0 atom stereocenters. The van der Waals surface area contributed by atoms with Crippen molar-refractivity contribution in [1.82, 2.24) is 24.8 Å². The summed E-state index contributed by atoms with van der Waals surface area (Å²) >= 11 is 0. The Morgan fingerprint density at radius 2 is 1.97 bits per heavy atom. The SMILES string of the molecule is COCc1ccc(-c2ccnc(Nc3ccc4[nH]c(C(=O)N(C)C)cc4c3)n2)nc1. The minimum Gasteiger partial charge on any atom is -0.380 e. The van der Waals surface area contributed by atoms with Gasteiger partial charge in [0.05, 0.1) is 18.0 Å². The molecule has 3 aromatic heterocycles. The number of methoxy groups -OCH3 is 1. The van der Waals surface area contributed by atoms with Gasteiger partial charge >= 0.3 is 0 Å². The summed E-state index contributed by atoms with van der Waals surface area (Å²) in [5, 5.41) is 4.15. The molecule has 3 heterocycles. The first-order valence-electron chi connectivity index (χ1n) is 9.42. The number of pyridine rings is 1. The molecule has 0 saturated carbocycles. The lowest BCUT2D eigenvalue weighted by molar-refractivity contribution is 0.0823. The molecule has 0 aliphatic rings. The molecule has 4 rings (SSSR count). The highest BCUT2D eigenvalue weighted by molar-refractivity contribution is 5.98. The third-order valence-corrected chi connectivity index (χ3v) is 4.57. The van der Waals surface area contributed by atoms with Crippen molar-refractivity contribution in [3.63, 3.8) is 0 Å². The van der Waals surface area contributed by atoms with E-state index in [4.69, 9.17) is 4.74 Å². The number of benzene rings is 1. The van der Waals surface area contributed by atoms with Gasteiger partial charge in [-0.3, -0.25) is 9.78 Å². The number of hydrogen-bond donors (Lipinski definition) is 2. The van der Waals surface area contributed by atoms with E-state index in [0.717, 1.165) is 33.5 Å². The topological polar surface area (TPSA) is 96.0 Å². The van der Waals surface area contributed by atoms with Gasteiger partial charge in [0, 0.05) is 50.2 Å². The van der Waals surface area contributed by atoms with Crippen LogP contribution in [0.3, 0.4) is 0 Å². The predicted molar refractivity (Wildman–Crippen MR) is 116 cm³/mol. The monoisotopic (exact) mass is 402 g/mol. The Kier molecular flexibility index (Phi) is 5.40. The van der Waals surface area contributed by atoms with E-state index in [1.54, 1.807) is 38.5 Å². The maximum absolute atomic E-state index is 12.2. The number of fused-ring (bicyclic) bond motifs is 1. The number of amides is 1. The molecule has 0 spiro atoms. The standard InChI is InChI=1S/C22H22N6O2/c1-28(2)21(29)20-11-15-10-16(5-7-17(15)26-20)25-22-23-9-8-19(27-22)18-6-4-14(12-24-18)13-30-3/h4-12,26H,13H2,1-3H3,(H,23,25,27). The normalized spacial score (nSPS) is 10.9. The van der Waals surface area contributed by atoms with Gasteiger partial charge in [0.25, 0.3) is 5.91 Å². The summed E-state index contributed by atoms with van der Waals surface area (Å²) in [5.41, 5.74) is 4.74. The second-order valence-corrected chi connectivity index (χ2v) is 7.06. The number of hydrogen-bond acceptors (Lipinski definition) is 6. The lowest BCUT2D eigenvalue weighted by atomic mass is 10.2. The molecule has 8 heteroatoms. The van der Waals surface area contributed by atoms with Gasteiger partial charge in [-0.25, -0.2) is 9.97 Å². The lowest BCUT2D eigenvalue weighted by Gasteiger charge is -2.07. The summed E-state index contributed by atoms with van der Waals surface area (Å²) in [6, 6.07) is 13.3. The number of H-pyrrole nitrogens is 1. The van der Waals surface area contributed by atoms with Gasteiger partial charge < -0.3 is 19.9 Å². The number of carbonyl (C=O) groups is 1. The number of aromatic nitrogens is 4. The molecule has 0 unspecified atom stereocenters. The molecule has 1 aromatic carbocycles. The van der Waals surface area contributed by atoms with Gasteiger partial charge in [-0.1, -0.05) is 6.07 Å². The van der Waals surface area contributed by atoms with Crippen LogP contribution >= 0.6 is 0 Å². The van der Waals surface area contributed by atoms with Gasteiger partial charge in [0.15, 0.2) is 0 Å². The van der Waals surface area contributed by atoms with Gasteiger partial charge in [-0.15, -0.1) is 0 Å². The minimum atomic E-state index is -0.0687. The summed E-state index contributed by atoms with van der Waals surface area (Å²) < 4.78 is 5.12. The van der Waals surface area contributed by atoms with Crippen LogP contribution in [0.4, 0.5) is 11.6 Å². The number of aromatic amines is 1. The van der Waals surface area contributed by atoms with E-state index >= 15 is 0 Å². The van der Waals surface area contributed by atoms with E-state index in [1.165, 1.54) is 0 Å². The second-order valence-electron chi connectivity index (χ2n) is 7.06. The van der Waals surface area contributed by atoms with Crippen molar-refractivity contribution in [3.8, 4) is 11.4 Å². The Hall–Kier alpha value is -3.78. The van der Waals surface area contributed by atoms with Crippen LogP contribution in [0.2, 0.25) is 0 Å². The summed E-state index contributed by atoms with van der Waals surface area (Å²) in [7, 11) is 5.11. The molecule has 2 N–H and O–H groups in total. The van der Waals surface area contributed by atoms with E-state index in [0.29, 0.717) is 18.2 Å². The zero-order valence-electron chi connectivity index (χ0n) is 17.0. The molecule has 152 valence electrons. The van der Waals surface area contributed by atoms with Crippen LogP contribution in [0.25, 0.3) is 22.3 Å². The molecule has 1 amide bonds. The maximum atomic E-state index is 12.2. The molecular weight excluding hydrogens is 380 g/mol. The smallest absolute Gasteiger partial charge is 0.269 e. The van der Waals surface area contributed by atoms with Crippen LogP contribution < -0.4 is 5.32 Å². The van der Waals surface area contributed by atoms with Crippen molar-refractivity contribution >= 4 is 28.4 Å². The Balaban J connectivity index is 1.56. The van der Waals surface area contributed by atoms with Crippen molar-refractivity contribution < 1.29 is 9.53 Å². The van der Waals surface area contributed by atoms with Crippen LogP contribution in [0.1, 0.15) is 16.1 Å². The third kappa shape index (κ3) is 4.13. The second kappa shape index (κ2) is 8.30. The van der Waals surface area contributed by atoms with Crippen LogP contribution in [0, 0.1) is 0 Å². The first-order valence-corrected chi connectivity index (χ1v) is 9.42. The molecule has 0 aliphatic carbocycles. The zero-order chi connectivity index (χ0) is 21.1. The van der Waals surface area contributed by atoms with Crippen LogP contribution in [0.15, 0.2) is 54.9 Å². The molecule has 0 aliphatic heterocycles. The third-order valence-electron chi connectivity index (χ3n) is 4.57. The molecule has 0 radical (unpaired) electrons. The Labute approximate surface area is 174 Å². The van der Waals surface area contributed by atoms with Crippen molar-refractivity contribution in [1.29, 1.82) is 0 Å². The van der Waals surface area contributed by atoms with Crippen LogP contribution in [-0.4, -0.2) is 51.9 Å². The number of carbonyl (C=O) groups excluding carboxylic acids is 1. The number of anilines is 2. The minimum absolute atomic E-state index is 0.0687. The summed E-state index contributed by atoms with van der Waals surface area (Å²) in [5.74, 6) is 0.399. The molecular formula is C22H22N6O2. The molecule has 30 heavy (non-hydrogen) atoms. The highest BCUT2D eigenvalue weighted by Crippen LogP contribution is 2.23. The van der Waals surface area contributed by atoms with E-state index in [9.17, 15) is 4.79 Å². The molecule has 0 bridgehead atoms. The van der Waals surface area contributed by atoms with Crippen molar-refractivity contribution in [2.24, 2.45) is 0 Å². The highest BCUT2D eigenvalue weighted by Gasteiger charge is 2.12. The van der Waals surface area contributed by atoms with E-state index in [2.05, 4.69) is 25.3 Å². The fourth-order valence-electron chi connectivity index (χ4n) is 3.09. The first-order chi connectivity index (χ1) is 14.5. The van der Waals surface area contributed by atoms with E-state index in [1.807, 2.05) is 42.5 Å². The number of rotatable bonds is 6. The Bertz CT molecular complexity index is 1180. The van der Waals surface area contributed by atoms with Gasteiger partial charge in [-0.05, 0) is 42.0 Å². The highest BCUT2D eigenvalue weighted by atomic mass is 16.5. The van der Waals surface area contributed by atoms with Gasteiger partial charge in [-0.2, -0.15) is 0 Å². The number of nitrogens with zero attached hydrogens (tertiary/aromatic N) is 4. The number of nitrogens with one attached hydrogen (secondary N) is 2. The van der Waals surface area contributed by atoms with Crippen LogP contribution in [-0.2, 0) is 11.3 Å². The van der Waals surface area contributed by atoms with Gasteiger partial charge in [0.2, 0.25) is 5.95 Å². The number of ether oxygens (including phenoxy) is 1. The summed E-state index contributed by atoms with van der Waals surface area (Å²) in [6.45, 7) is 0.521. The molecule has 4 aromatic rings. The largest absolute Gasteiger partial charge is 0.380 e. The average Bonchev–Trinajstić information content (AvgIpc) is 3.17. The summed E-state index contributed by atoms with van der Waals surface area (Å²) in [6.07, 6.45) is 3.47. The average molecular weight is 402 g/mol. The predicted octanol–water partition coefficient (Wildman–Crippen LogP) is 3.61. The maximum Gasteiger partial charge on any atom is 0.269 e. The molecule has 0 fully saturated rings. The molecule has 8 nitrogen and oxygen atoms in total. The fourth-order valence-corrected chi connectivity index (χ4v) is 3.09. The first kappa shape index (κ1) is 19.5. The zero-order valence-corrected chi connectivity index (χ0v) is 17.0. The quantitative estimate of drug-likeness (QED) is 0.511. The van der Waals surface area contributed by atoms with E-state index in [-0.39, 0.29) is 5.91 Å². The lowest BCUT2D eigenvalue weighted by Crippen LogP contribution is -2.21. The summed E-state index contributed by atoms with van der Waals surface area (Å²) in [4.78, 5) is 30.2. The Morgan fingerprint density at radius 3 is 2.70 bits per heavy atom. The van der Waals surface area contributed by atoms with Crippen molar-refractivity contribution in [3.05, 3.63) is 66.1 Å². The van der Waals surface area contributed by atoms with Crippen molar-refractivity contribution in [2.75, 3.05) is 26.5 Å². The van der Waals surface area contributed by atoms with Gasteiger partial charge in [0.1, 0.15) is 5.69 Å². The Morgan fingerprint density at radius 1 is 1.10 bits per heavy atom. The fraction of sp³-hybridized carbons (Fsp3) is 0.182. The molecule has 0 saturated heterocycles. The van der Waals surface area contributed by atoms with E-state index < -0.39 is 0 Å².